The minimum atomic E-state index is -4.33. The van der Waals surface area contributed by atoms with Crippen molar-refractivity contribution in [3.63, 3.8) is 0 Å². The van der Waals surface area contributed by atoms with Crippen LogP contribution in [0.5, 0.6) is 0 Å². The number of aromatic nitrogens is 8. The van der Waals surface area contributed by atoms with Crippen molar-refractivity contribution in [2.75, 3.05) is 26.4 Å². The summed E-state index contributed by atoms with van der Waals surface area (Å²) in [7, 11) is 0. The Bertz CT molecular complexity index is 2080. The van der Waals surface area contributed by atoms with E-state index in [9.17, 15) is 26.3 Å². The van der Waals surface area contributed by atoms with Crippen molar-refractivity contribution in [1.29, 1.82) is 0 Å². The van der Waals surface area contributed by atoms with Crippen LogP contribution in [0.1, 0.15) is 52.3 Å². The van der Waals surface area contributed by atoms with E-state index < -0.39 is 23.5 Å². The Hall–Kier alpha value is -5.00. The van der Waals surface area contributed by atoms with E-state index in [-0.39, 0.29) is 6.04 Å². The molecule has 2 aliphatic heterocycles. The highest BCUT2D eigenvalue weighted by molar-refractivity contribution is 9.09. The van der Waals surface area contributed by atoms with E-state index in [1.807, 2.05) is 48.5 Å². The zero-order valence-electron chi connectivity index (χ0n) is 29.1. The molecule has 10 nitrogen and oxygen atoms in total. The summed E-state index contributed by atoms with van der Waals surface area (Å²) in [6.45, 7) is 3.10. The molecule has 2 atom stereocenters. The summed E-state index contributed by atoms with van der Waals surface area (Å²) in [4.78, 5) is 2.22. The molecule has 2 fully saturated rings. The third-order valence-corrected chi connectivity index (χ3v) is 9.47. The highest BCUT2D eigenvalue weighted by Crippen LogP contribution is 2.31. The maximum Gasteiger partial charge on any atom is 0.416 e. The molecule has 0 aliphatic carbocycles. The Balaban J connectivity index is 0.000000165. The van der Waals surface area contributed by atoms with Gasteiger partial charge in [0.25, 0.3) is 0 Å². The van der Waals surface area contributed by atoms with Gasteiger partial charge in [0.2, 0.25) is 11.6 Å². The van der Waals surface area contributed by atoms with Crippen molar-refractivity contribution in [1.82, 2.24) is 40.8 Å². The Morgan fingerprint density at radius 3 is 1.62 bits per heavy atom. The van der Waals surface area contributed by atoms with Crippen LogP contribution in [0.4, 0.5) is 26.3 Å². The fourth-order valence-corrected chi connectivity index (χ4v) is 6.20. The molecular formula is C38H35BrF6N8O2. The van der Waals surface area contributed by atoms with Crippen molar-refractivity contribution in [2.24, 2.45) is 0 Å². The molecule has 4 aromatic carbocycles. The molecule has 2 saturated heterocycles. The predicted octanol–water partition coefficient (Wildman–Crippen LogP) is 8.56. The standard InChI is InChI=1S/C19H17F3N4O.C15H11F3N4.C4H7BrO/c20-19(21,22)15-7-5-13(6-8-15)11-14-3-1-2-4-17(14)18-23-25-26(24-18)16-9-10-27-12-16;16-15(17,18)12-7-5-10(6-8-12)9-11-3-1-2-4-13(11)14-19-21-22-20-14;5-4-1-2-6-3-4/h1-8,16H,9-12H2;1-8H,9H2,(H,19,20,21,22);4H,1-3H2. The maximum atomic E-state index is 12.7. The van der Waals surface area contributed by atoms with E-state index in [0.29, 0.717) is 42.5 Å². The molecule has 0 bridgehead atoms. The van der Waals surface area contributed by atoms with Gasteiger partial charge in [-0.1, -0.05) is 88.7 Å². The van der Waals surface area contributed by atoms with E-state index in [4.69, 9.17) is 9.47 Å². The average molecular weight is 830 g/mol. The fourth-order valence-electron chi connectivity index (χ4n) is 5.82. The summed E-state index contributed by atoms with van der Waals surface area (Å²) in [5, 5.41) is 26.6. The second-order valence-corrected chi connectivity index (χ2v) is 14.0. The summed E-state index contributed by atoms with van der Waals surface area (Å²) in [6.07, 6.45) is -5.65. The van der Waals surface area contributed by atoms with E-state index in [0.717, 1.165) is 77.3 Å². The van der Waals surface area contributed by atoms with Crippen LogP contribution < -0.4 is 0 Å². The van der Waals surface area contributed by atoms with Crippen LogP contribution in [0.25, 0.3) is 22.8 Å². The molecule has 288 valence electrons. The first kappa shape index (κ1) is 39.7. The summed E-state index contributed by atoms with van der Waals surface area (Å²) in [6, 6.07) is 25.5. The molecule has 55 heavy (non-hydrogen) atoms. The van der Waals surface area contributed by atoms with Gasteiger partial charge in [0.1, 0.15) is 0 Å². The van der Waals surface area contributed by atoms with Gasteiger partial charge in [-0.2, -0.15) is 36.4 Å². The zero-order chi connectivity index (χ0) is 38.8. The summed E-state index contributed by atoms with van der Waals surface area (Å²) in [5.74, 6) is 0.965. The molecule has 2 aliphatic rings. The lowest BCUT2D eigenvalue weighted by Crippen LogP contribution is -2.12. The van der Waals surface area contributed by atoms with Gasteiger partial charge in [-0.25, -0.2) is 0 Å². The monoisotopic (exact) mass is 828 g/mol. The fraction of sp³-hybridized carbons (Fsp3) is 0.316. The smallest absolute Gasteiger partial charge is 0.380 e. The Kier molecular flexibility index (Phi) is 13.1. The van der Waals surface area contributed by atoms with Crippen LogP contribution in [-0.2, 0) is 34.7 Å². The average Bonchev–Trinajstić information content (AvgIpc) is 4.02. The van der Waals surface area contributed by atoms with Gasteiger partial charge >= 0.3 is 12.4 Å². The van der Waals surface area contributed by atoms with Gasteiger partial charge in [-0.3, -0.25) is 0 Å². The van der Waals surface area contributed by atoms with Gasteiger partial charge in [0, 0.05) is 29.2 Å². The van der Waals surface area contributed by atoms with Crippen LogP contribution in [0, 0.1) is 0 Å². The number of ether oxygens (including phenoxy) is 2. The molecule has 6 aromatic rings. The SMILES string of the molecule is BrC1CCOC1.FC(F)(F)c1ccc(Cc2ccccc2-c2nn[nH]n2)cc1.FC(F)(F)c1ccc(Cc2ccccc2-c2nnn(C3CCOC3)n2)cc1. The van der Waals surface area contributed by atoms with Gasteiger partial charge in [-0.15, -0.1) is 20.4 Å². The number of tetrazole rings is 2. The Morgan fingerprint density at radius 2 is 1.18 bits per heavy atom. The molecule has 1 N–H and O–H groups in total. The third kappa shape index (κ3) is 11.0. The van der Waals surface area contributed by atoms with E-state index >= 15 is 0 Å². The lowest BCUT2D eigenvalue weighted by Gasteiger charge is -2.09. The topological polar surface area (TPSA) is 117 Å². The second-order valence-electron chi connectivity index (χ2n) is 12.7. The maximum absolute atomic E-state index is 12.7. The Labute approximate surface area is 320 Å². The minimum absolute atomic E-state index is 0.0910. The molecule has 4 heterocycles. The van der Waals surface area contributed by atoms with Gasteiger partial charge in [-0.05, 0) is 82.6 Å². The van der Waals surface area contributed by atoms with Crippen molar-refractivity contribution in [2.45, 2.75) is 48.9 Å². The van der Waals surface area contributed by atoms with Crippen molar-refractivity contribution < 1.29 is 35.8 Å². The Morgan fingerprint density at radius 1 is 0.655 bits per heavy atom. The van der Waals surface area contributed by atoms with E-state index in [1.54, 1.807) is 4.80 Å². The summed E-state index contributed by atoms with van der Waals surface area (Å²) < 4.78 is 86.3. The van der Waals surface area contributed by atoms with Crippen molar-refractivity contribution in [3.8, 4) is 22.8 Å². The molecule has 8 rings (SSSR count). The lowest BCUT2D eigenvalue weighted by atomic mass is 9.98. The quantitative estimate of drug-likeness (QED) is 0.126. The second kappa shape index (κ2) is 18.1. The lowest BCUT2D eigenvalue weighted by molar-refractivity contribution is -0.138. The first-order valence-electron chi connectivity index (χ1n) is 17.3. The summed E-state index contributed by atoms with van der Waals surface area (Å²) >= 11 is 3.41. The van der Waals surface area contributed by atoms with Crippen LogP contribution in [0.15, 0.2) is 97.1 Å². The number of hydrogen-bond acceptors (Lipinski definition) is 8. The molecule has 17 heteroatoms. The van der Waals surface area contributed by atoms with Crippen LogP contribution >= 0.6 is 15.9 Å². The number of alkyl halides is 7. The molecule has 2 aromatic heterocycles. The van der Waals surface area contributed by atoms with Gasteiger partial charge in [0.05, 0.1) is 30.4 Å². The molecule has 0 spiro atoms. The number of benzene rings is 4. The highest BCUT2D eigenvalue weighted by atomic mass is 79.9. The zero-order valence-corrected chi connectivity index (χ0v) is 30.7. The number of H-pyrrole nitrogens is 1. The number of nitrogens with one attached hydrogen (secondary N) is 1. The number of hydrogen-bond donors (Lipinski definition) is 1. The molecule has 2 unspecified atom stereocenters. The number of aromatic amines is 1. The van der Waals surface area contributed by atoms with E-state index in [1.165, 1.54) is 30.7 Å². The normalized spacial score (nSPS) is 16.9. The minimum Gasteiger partial charge on any atom is -0.380 e. The van der Waals surface area contributed by atoms with Crippen molar-refractivity contribution >= 4 is 15.9 Å². The molecule has 0 radical (unpaired) electrons. The van der Waals surface area contributed by atoms with Crippen molar-refractivity contribution in [3.05, 3.63) is 130 Å². The highest BCUT2D eigenvalue weighted by Gasteiger charge is 2.31. The summed E-state index contributed by atoms with van der Waals surface area (Å²) in [5.41, 5.74) is 3.74. The van der Waals surface area contributed by atoms with Gasteiger partial charge < -0.3 is 9.47 Å². The number of halogens is 7. The first-order valence-corrected chi connectivity index (χ1v) is 18.2. The van der Waals surface area contributed by atoms with E-state index in [2.05, 4.69) is 52.0 Å². The number of nitrogens with zero attached hydrogens (tertiary/aromatic N) is 7. The number of rotatable bonds is 7. The van der Waals surface area contributed by atoms with Crippen LogP contribution in [-0.4, -0.2) is 72.1 Å². The largest absolute Gasteiger partial charge is 0.416 e. The van der Waals surface area contributed by atoms with Crippen LogP contribution in [0.3, 0.4) is 0 Å². The molecule has 0 saturated carbocycles. The molecular weight excluding hydrogens is 794 g/mol. The molecule has 0 amide bonds. The van der Waals surface area contributed by atoms with Gasteiger partial charge in [0.15, 0.2) is 0 Å². The predicted molar refractivity (Wildman–Crippen MR) is 194 cm³/mol. The first-order chi connectivity index (χ1) is 26.4. The third-order valence-electron chi connectivity index (χ3n) is 8.75. The van der Waals surface area contributed by atoms with Crippen LogP contribution in [0.2, 0.25) is 0 Å².